The van der Waals surface area contributed by atoms with Gasteiger partial charge >= 0.3 is 5.97 Å². The average molecular weight is 641 g/mol. The lowest BCUT2D eigenvalue weighted by molar-refractivity contribution is -0.155. The Morgan fingerprint density at radius 2 is 1.90 bits per heavy atom. The second-order valence-electron chi connectivity index (χ2n) is 11.5. The lowest BCUT2D eigenvalue weighted by Crippen LogP contribution is -2.57. The molecule has 1 spiro atoms. The quantitative estimate of drug-likeness (QED) is 0.112. The number of aliphatic hydroxyl groups excluding tert-OH is 1. The van der Waals surface area contributed by atoms with E-state index in [1.165, 1.54) is 0 Å². The second-order valence-corrected chi connectivity index (χ2v) is 12.6. The fraction of sp³-hybridized carbons (Fsp3) is 0.767. The van der Waals surface area contributed by atoms with Gasteiger partial charge in [0.05, 0.1) is 37.8 Å². The first-order chi connectivity index (χ1) is 19.9. The van der Waals surface area contributed by atoms with Crippen LogP contribution < -0.4 is 0 Å². The Bertz CT molecular complexity index is 945. The molecule has 4 fully saturated rings. The van der Waals surface area contributed by atoms with Crippen molar-refractivity contribution in [3.63, 3.8) is 0 Å². The fourth-order valence-corrected chi connectivity index (χ4v) is 7.80. The molecule has 0 radical (unpaired) electrons. The normalized spacial score (nSPS) is 30.8. The predicted octanol–water partition coefficient (Wildman–Crippen LogP) is 2.14. The number of ether oxygens (including phenoxy) is 3. The topological polar surface area (TPSA) is 109 Å². The summed E-state index contributed by atoms with van der Waals surface area (Å²) in [5.41, 5.74) is -1.10. The first kappa shape index (κ1) is 32.1. The zero-order valence-electron chi connectivity index (χ0n) is 24.1. The van der Waals surface area contributed by atoms with Gasteiger partial charge in [-0.25, -0.2) is 0 Å². The summed E-state index contributed by atoms with van der Waals surface area (Å²) in [6.07, 6.45) is 7.92. The summed E-state index contributed by atoms with van der Waals surface area (Å²) in [5, 5.41) is 9.26. The van der Waals surface area contributed by atoms with Gasteiger partial charge in [-0.15, -0.1) is 13.2 Å². The molecule has 2 bridgehead atoms. The molecule has 2 amide bonds. The Hall–Kier alpha value is -1.79. The van der Waals surface area contributed by atoms with E-state index in [4.69, 9.17) is 14.2 Å². The highest BCUT2D eigenvalue weighted by Crippen LogP contribution is 2.60. The van der Waals surface area contributed by atoms with Crippen LogP contribution in [0.1, 0.15) is 44.9 Å². The number of unbranched alkanes of at least 4 members (excludes halogenated alkanes) is 4. The number of allylic oxidation sites excluding steroid dienone is 1. The van der Waals surface area contributed by atoms with E-state index in [0.29, 0.717) is 58.7 Å². The van der Waals surface area contributed by atoms with E-state index in [1.54, 1.807) is 15.9 Å². The number of morpholine rings is 1. The Kier molecular flexibility index (Phi) is 11.8. The highest BCUT2D eigenvalue weighted by molar-refractivity contribution is 9.09. The number of halogens is 1. The van der Waals surface area contributed by atoms with Crippen LogP contribution in [0.25, 0.3) is 0 Å². The summed E-state index contributed by atoms with van der Waals surface area (Å²) >= 11 is 3.72. The highest BCUT2D eigenvalue weighted by atomic mass is 79.9. The third kappa shape index (κ3) is 6.90. The van der Waals surface area contributed by atoms with Crippen molar-refractivity contribution < 1.29 is 33.7 Å². The third-order valence-electron chi connectivity index (χ3n) is 8.85. The molecule has 4 heterocycles. The number of alkyl halides is 1. The van der Waals surface area contributed by atoms with Gasteiger partial charge in [-0.2, -0.15) is 0 Å². The van der Waals surface area contributed by atoms with E-state index >= 15 is 0 Å². The smallest absolute Gasteiger partial charge is 0.312 e. The van der Waals surface area contributed by atoms with Gasteiger partial charge < -0.3 is 29.1 Å². The molecule has 10 nitrogen and oxygen atoms in total. The summed E-state index contributed by atoms with van der Waals surface area (Å²) < 4.78 is 17.7. The minimum Gasteiger partial charge on any atom is -0.465 e. The van der Waals surface area contributed by atoms with Crippen molar-refractivity contribution in [1.82, 2.24) is 14.7 Å². The molecule has 6 atom stereocenters. The van der Waals surface area contributed by atoms with Crippen molar-refractivity contribution in [1.29, 1.82) is 0 Å². The molecule has 0 saturated carbocycles. The lowest BCUT2D eigenvalue weighted by Gasteiger charge is -2.38. The van der Waals surface area contributed by atoms with Crippen LogP contribution in [0.4, 0.5) is 0 Å². The molecule has 4 rings (SSSR count). The number of fused-ring (bicyclic) bond motifs is 1. The number of rotatable bonds is 17. The molecule has 0 aromatic heterocycles. The monoisotopic (exact) mass is 639 g/mol. The Morgan fingerprint density at radius 1 is 1.12 bits per heavy atom. The molecule has 4 aliphatic heterocycles. The van der Waals surface area contributed by atoms with E-state index in [9.17, 15) is 19.5 Å². The van der Waals surface area contributed by atoms with E-state index in [2.05, 4.69) is 34.0 Å². The molecule has 0 aliphatic carbocycles. The Balaban J connectivity index is 1.57. The number of carbonyl (C=O) groups excluding carboxylic acids is 3. The van der Waals surface area contributed by atoms with Crippen molar-refractivity contribution in [2.75, 3.05) is 65.7 Å². The van der Waals surface area contributed by atoms with Gasteiger partial charge in [-0.3, -0.25) is 19.3 Å². The highest BCUT2D eigenvalue weighted by Gasteiger charge is 2.77. The lowest BCUT2D eigenvalue weighted by atomic mass is 9.70. The average Bonchev–Trinajstić information content (AvgIpc) is 3.56. The minimum atomic E-state index is -1.10. The van der Waals surface area contributed by atoms with E-state index < -0.39 is 35.6 Å². The molecular weight excluding hydrogens is 594 g/mol. The molecule has 41 heavy (non-hydrogen) atoms. The van der Waals surface area contributed by atoms with E-state index in [1.807, 2.05) is 6.08 Å². The number of aliphatic hydroxyl groups is 1. The Labute approximate surface area is 252 Å². The molecule has 11 heteroatoms. The number of hydrogen-bond acceptors (Lipinski definition) is 8. The SMILES string of the molecule is C=CCCCCOC(=O)[C@H]1[C@@H]2OC3(CC2Br)C(C(=O)N(CC=C)CCN2CCOCC2)N(CCCCCO)C(=O)[C@H]13. The fourth-order valence-electron chi connectivity index (χ4n) is 6.86. The van der Waals surface area contributed by atoms with Gasteiger partial charge in [0.15, 0.2) is 0 Å². The van der Waals surface area contributed by atoms with Gasteiger partial charge in [-0.05, 0) is 44.9 Å². The molecule has 0 aromatic rings. The minimum absolute atomic E-state index is 0.0777. The molecule has 4 aliphatic rings. The van der Waals surface area contributed by atoms with Gasteiger partial charge in [0.25, 0.3) is 0 Å². The van der Waals surface area contributed by atoms with E-state index in [0.717, 1.165) is 38.8 Å². The number of nitrogens with zero attached hydrogens (tertiary/aromatic N) is 3. The van der Waals surface area contributed by atoms with Crippen LogP contribution in [0.15, 0.2) is 25.3 Å². The first-order valence-electron chi connectivity index (χ1n) is 15.1. The standard InChI is InChI=1S/C30H46BrN3O7/c1-3-5-6-10-18-40-29(38)23-24-27(36)34(12-8-7-9-17-35)26(30(24)21-22(31)25(23)41-30)28(37)33(11-4-2)14-13-32-15-19-39-20-16-32/h3-4,22-26,35H,1-2,5-21H2/t22?,23-,24+,25-,26?,30?/m1/s1. The molecule has 230 valence electrons. The maximum Gasteiger partial charge on any atom is 0.312 e. The first-order valence-corrected chi connectivity index (χ1v) is 16.0. The second kappa shape index (κ2) is 15.1. The number of amides is 2. The van der Waals surface area contributed by atoms with Crippen LogP contribution in [-0.2, 0) is 28.6 Å². The summed E-state index contributed by atoms with van der Waals surface area (Å²) in [6, 6.07) is -0.839. The number of esters is 1. The van der Waals surface area contributed by atoms with Crippen molar-refractivity contribution in [3.8, 4) is 0 Å². The zero-order chi connectivity index (χ0) is 29.4. The molecule has 1 N–H and O–H groups in total. The summed E-state index contributed by atoms with van der Waals surface area (Å²) in [5.74, 6) is -2.34. The summed E-state index contributed by atoms with van der Waals surface area (Å²) in [6.45, 7) is 12.8. The van der Waals surface area contributed by atoms with Crippen molar-refractivity contribution in [2.45, 2.75) is 67.5 Å². The van der Waals surface area contributed by atoms with Crippen LogP contribution in [-0.4, -0.2) is 126 Å². The maximum atomic E-state index is 14.4. The van der Waals surface area contributed by atoms with Crippen LogP contribution >= 0.6 is 15.9 Å². The number of hydrogen-bond donors (Lipinski definition) is 1. The summed E-state index contributed by atoms with van der Waals surface area (Å²) in [7, 11) is 0. The maximum absolute atomic E-state index is 14.4. The number of carbonyl (C=O) groups is 3. The summed E-state index contributed by atoms with van der Waals surface area (Å²) in [4.78, 5) is 47.5. The third-order valence-corrected chi connectivity index (χ3v) is 9.70. The van der Waals surface area contributed by atoms with Crippen LogP contribution in [0.3, 0.4) is 0 Å². The van der Waals surface area contributed by atoms with Gasteiger partial charge in [-0.1, -0.05) is 28.1 Å². The van der Waals surface area contributed by atoms with Crippen molar-refractivity contribution in [2.24, 2.45) is 11.8 Å². The van der Waals surface area contributed by atoms with Crippen molar-refractivity contribution >= 4 is 33.7 Å². The van der Waals surface area contributed by atoms with Gasteiger partial charge in [0.2, 0.25) is 11.8 Å². The van der Waals surface area contributed by atoms with Crippen molar-refractivity contribution in [3.05, 3.63) is 25.3 Å². The predicted molar refractivity (Wildman–Crippen MR) is 157 cm³/mol. The largest absolute Gasteiger partial charge is 0.465 e. The molecule has 4 saturated heterocycles. The van der Waals surface area contributed by atoms with Crippen LogP contribution in [0, 0.1) is 11.8 Å². The molecule has 3 unspecified atom stereocenters. The van der Waals surface area contributed by atoms with Crippen LogP contribution in [0.5, 0.6) is 0 Å². The van der Waals surface area contributed by atoms with Gasteiger partial charge in [0.1, 0.15) is 11.6 Å². The van der Waals surface area contributed by atoms with E-state index in [-0.39, 0.29) is 29.9 Å². The molecular formula is C30H46BrN3O7. The zero-order valence-corrected chi connectivity index (χ0v) is 25.7. The van der Waals surface area contributed by atoms with Crippen LogP contribution in [0.2, 0.25) is 0 Å². The Morgan fingerprint density at radius 3 is 2.61 bits per heavy atom. The van der Waals surface area contributed by atoms with Gasteiger partial charge in [0, 0.05) is 50.7 Å². The number of likely N-dealkylation sites (tertiary alicyclic amines) is 1. The molecule has 0 aromatic carbocycles.